The zero-order valence-corrected chi connectivity index (χ0v) is 21.2. The second-order valence-electron chi connectivity index (χ2n) is 9.47. The number of aliphatic hydroxyl groups is 1. The Morgan fingerprint density at radius 1 is 1.03 bits per heavy atom. The van der Waals surface area contributed by atoms with E-state index in [9.17, 15) is 13.5 Å². The maximum Gasteiger partial charge on any atom is 0.261 e. The van der Waals surface area contributed by atoms with E-state index in [1.54, 1.807) is 42.5 Å². The maximum atomic E-state index is 12.6. The Balaban J connectivity index is 1.35. The van der Waals surface area contributed by atoms with Crippen LogP contribution in [0.4, 0.5) is 5.69 Å². The highest BCUT2D eigenvalue weighted by molar-refractivity contribution is 7.92. The van der Waals surface area contributed by atoms with Gasteiger partial charge in [-0.05, 0) is 74.4 Å². The Morgan fingerprint density at radius 2 is 1.81 bits per heavy atom. The smallest absolute Gasteiger partial charge is 0.261 e. The topological polar surface area (TPSA) is 107 Å². The predicted molar refractivity (Wildman–Crippen MR) is 142 cm³/mol. The largest absolute Gasteiger partial charge is 0.387 e. The third-order valence-corrected chi connectivity index (χ3v) is 7.63. The number of sulfonamides is 1. The van der Waals surface area contributed by atoms with Gasteiger partial charge in [-0.1, -0.05) is 30.3 Å². The van der Waals surface area contributed by atoms with Gasteiger partial charge in [0, 0.05) is 41.4 Å². The van der Waals surface area contributed by atoms with Crippen molar-refractivity contribution in [3.8, 4) is 6.07 Å². The number of aliphatic hydroxyl groups excluding tert-OH is 1. The van der Waals surface area contributed by atoms with Gasteiger partial charge in [0.2, 0.25) is 0 Å². The van der Waals surface area contributed by atoms with E-state index in [1.807, 2.05) is 30.5 Å². The van der Waals surface area contributed by atoms with Crippen molar-refractivity contribution in [2.45, 2.75) is 43.4 Å². The van der Waals surface area contributed by atoms with E-state index in [4.69, 9.17) is 5.26 Å². The first-order chi connectivity index (χ1) is 17.2. The Kier molecular flexibility index (Phi) is 7.45. The third-order valence-electron chi connectivity index (χ3n) is 6.23. The zero-order chi connectivity index (χ0) is 25.8. The fourth-order valence-electron chi connectivity index (χ4n) is 4.07. The van der Waals surface area contributed by atoms with E-state index in [0.717, 1.165) is 23.9 Å². The van der Waals surface area contributed by atoms with Gasteiger partial charge in [0.25, 0.3) is 10.0 Å². The minimum atomic E-state index is -3.71. The summed E-state index contributed by atoms with van der Waals surface area (Å²) in [6.45, 7) is 5.27. The number of hydrogen-bond donors (Lipinski definition) is 3. The highest BCUT2D eigenvalue weighted by Crippen LogP contribution is 2.23. The van der Waals surface area contributed by atoms with Crippen molar-refractivity contribution >= 4 is 26.6 Å². The van der Waals surface area contributed by atoms with E-state index in [2.05, 4.69) is 34.5 Å². The van der Waals surface area contributed by atoms with E-state index in [0.29, 0.717) is 23.4 Å². The van der Waals surface area contributed by atoms with E-state index in [-0.39, 0.29) is 10.4 Å². The van der Waals surface area contributed by atoms with Crippen LogP contribution in [-0.2, 0) is 16.6 Å². The lowest BCUT2D eigenvalue weighted by atomic mass is 9.99. The molecule has 0 spiro atoms. The van der Waals surface area contributed by atoms with Gasteiger partial charge in [0.15, 0.2) is 0 Å². The molecule has 1 heterocycles. The fraction of sp³-hybridized carbons (Fsp3) is 0.250. The summed E-state index contributed by atoms with van der Waals surface area (Å²) >= 11 is 0. The van der Waals surface area contributed by atoms with Gasteiger partial charge in [-0.15, -0.1) is 0 Å². The summed E-state index contributed by atoms with van der Waals surface area (Å²) in [7, 11) is -3.71. The normalized spacial score (nSPS) is 12.8. The van der Waals surface area contributed by atoms with Crippen molar-refractivity contribution in [2.24, 2.45) is 0 Å². The molecule has 186 valence electrons. The molecular formula is C28H30N4O3S. The van der Waals surface area contributed by atoms with E-state index < -0.39 is 16.1 Å². The Hall–Kier alpha value is -3.64. The molecule has 8 heteroatoms. The van der Waals surface area contributed by atoms with Crippen LogP contribution in [0.5, 0.6) is 0 Å². The van der Waals surface area contributed by atoms with Crippen molar-refractivity contribution in [1.29, 1.82) is 5.26 Å². The molecule has 1 atom stereocenters. The lowest BCUT2D eigenvalue weighted by Gasteiger charge is -2.28. The van der Waals surface area contributed by atoms with Gasteiger partial charge in [-0.2, -0.15) is 5.26 Å². The lowest BCUT2D eigenvalue weighted by molar-refractivity contribution is 0.158. The molecule has 4 aromatic rings. The molecule has 1 aromatic heterocycles. The van der Waals surface area contributed by atoms with Crippen molar-refractivity contribution < 1.29 is 13.5 Å². The number of hydrogen-bond acceptors (Lipinski definition) is 5. The highest BCUT2D eigenvalue weighted by Gasteiger charge is 2.20. The van der Waals surface area contributed by atoms with Crippen molar-refractivity contribution in [3.05, 3.63) is 96.2 Å². The number of benzene rings is 3. The fourth-order valence-corrected chi connectivity index (χ4v) is 5.14. The molecule has 0 fully saturated rings. The number of nitrogens with one attached hydrogen (secondary N) is 2. The number of anilines is 1. The minimum absolute atomic E-state index is 0.181. The Labute approximate surface area is 212 Å². The van der Waals surface area contributed by atoms with Crippen molar-refractivity contribution in [3.63, 3.8) is 0 Å². The SMILES string of the molecule is CC(C)(CCn1ccc2cc(C#N)ccc21)NC[C@H](O)c1cccc(NS(=O)(=O)c2ccccc2)c1. The number of aromatic nitrogens is 1. The van der Waals surface area contributed by atoms with Crippen LogP contribution in [0, 0.1) is 11.3 Å². The van der Waals surface area contributed by atoms with Crippen LogP contribution < -0.4 is 10.0 Å². The molecule has 0 aliphatic heterocycles. The number of nitrogens with zero attached hydrogens (tertiary/aromatic N) is 2. The molecule has 0 bridgehead atoms. The van der Waals surface area contributed by atoms with Crippen LogP contribution in [0.1, 0.15) is 37.5 Å². The Morgan fingerprint density at radius 3 is 2.56 bits per heavy atom. The van der Waals surface area contributed by atoms with Crippen LogP contribution in [-0.4, -0.2) is 30.2 Å². The average molecular weight is 503 g/mol. The number of aryl methyl sites for hydroxylation is 1. The number of rotatable bonds is 10. The summed E-state index contributed by atoms with van der Waals surface area (Å²) in [5.74, 6) is 0. The second kappa shape index (κ2) is 10.5. The van der Waals surface area contributed by atoms with Gasteiger partial charge in [0.05, 0.1) is 22.6 Å². The number of β-amino-alcohol motifs (C(OH)–C–C–N with tert-alkyl or cyclic N) is 1. The van der Waals surface area contributed by atoms with E-state index >= 15 is 0 Å². The van der Waals surface area contributed by atoms with Crippen LogP contribution in [0.25, 0.3) is 10.9 Å². The quantitative estimate of drug-likeness (QED) is 0.289. The number of nitriles is 1. The van der Waals surface area contributed by atoms with Gasteiger partial charge in [-0.3, -0.25) is 4.72 Å². The Bertz CT molecular complexity index is 1490. The first-order valence-electron chi connectivity index (χ1n) is 11.8. The van der Waals surface area contributed by atoms with Gasteiger partial charge in [0.1, 0.15) is 0 Å². The molecule has 0 radical (unpaired) electrons. The second-order valence-corrected chi connectivity index (χ2v) is 11.2. The zero-order valence-electron chi connectivity index (χ0n) is 20.3. The molecule has 0 unspecified atom stereocenters. The van der Waals surface area contributed by atoms with Gasteiger partial charge >= 0.3 is 0 Å². The molecule has 0 saturated heterocycles. The summed E-state index contributed by atoms with van der Waals surface area (Å²) in [6, 6.07) is 24.9. The molecular weight excluding hydrogens is 472 g/mol. The molecule has 0 aliphatic carbocycles. The minimum Gasteiger partial charge on any atom is -0.387 e. The van der Waals surface area contributed by atoms with Gasteiger partial charge < -0.3 is 15.0 Å². The van der Waals surface area contributed by atoms with Crippen molar-refractivity contribution in [1.82, 2.24) is 9.88 Å². The molecule has 3 aromatic carbocycles. The molecule has 0 amide bonds. The van der Waals surface area contributed by atoms with E-state index in [1.165, 1.54) is 12.1 Å². The number of fused-ring (bicyclic) bond motifs is 1. The van der Waals surface area contributed by atoms with Crippen LogP contribution in [0.2, 0.25) is 0 Å². The molecule has 7 nitrogen and oxygen atoms in total. The molecule has 0 aliphatic rings. The summed E-state index contributed by atoms with van der Waals surface area (Å²) in [5, 5.41) is 24.4. The lowest BCUT2D eigenvalue weighted by Crippen LogP contribution is -2.42. The van der Waals surface area contributed by atoms with Crippen LogP contribution in [0.15, 0.2) is 90.0 Å². The summed E-state index contributed by atoms with van der Waals surface area (Å²) in [4.78, 5) is 0.181. The molecule has 36 heavy (non-hydrogen) atoms. The first kappa shape index (κ1) is 25.5. The summed E-state index contributed by atoms with van der Waals surface area (Å²) in [6.07, 6.45) is 2.04. The van der Waals surface area contributed by atoms with Crippen LogP contribution >= 0.6 is 0 Å². The monoisotopic (exact) mass is 502 g/mol. The molecule has 0 saturated carbocycles. The summed E-state index contributed by atoms with van der Waals surface area (Å²) in [5.41, 5.74) is 2.49. The first-order valence-corrected chi connectivity index (χ1v) is 13.3. The molecule has 4 rings (SSSR count). The summed E-state index contributed by atoms with van der Waals surface area (Å²) < 4.78 is 30.0. The van der Waals surface area contributed by atoms with Gasteiger partial charge in [-0.25, -0.2) is 8.42 Å². The van der Waals surface area contributed by atoms with Crippen molar-refractivity contribution in [2.75, 3.05) is 11.3 Å². The average Bonchev–Trinajstić information content (AvgIpc) is 3.29. The maximum absolute atomic E-state index is 12.6. The third kappa shape index (κ3) is 6.13. The highest BCUT2D eigenvalue weighted by atomic mass is 32.2. The standard InChI is InChI=1S/C28H30N4O3S/c1-28(2,14-16-32-15-13-22-17-21(19-29)11-12-26(22)32)30-20-27(33)23-7-6-8-24(18-23)31-36(34,35)25-9-4-3-5-10-25/h3-13,15,17-18,27,30-31,33H,14,16,20H2,1-2H3/t27-/m0/s1. The van der Waals surface area contributed by atoms with Crippen LogP contribution in [0.3, 0.4) is 0 Å². The molecule has 3 N–H and O–H groups in total. The predicted octanol–water partition coefficient (Wildman–Crippen LogP) is 4.81.